The lowest BCUT2D eigenvalue weighted by Gasteiger charge is -2.09. The largest absolute Gasteiger partial charge is 0.478 e. The SMILES string of the molecule is O=C(Nc1c(Br)cccc1C(=O)O)c1ccc(Cl)nn1. The van der Waals surface area contributed by atoms with E-state index in [1.807, 2.05) is 0 Å². The Balaban J connectivity index is 2.32. The van der Waals surface area contributed by atoms with Gasteiger partial charge in [0.1, 0.15) is 0 Å². The third-order valence-electron chi connectivity index (χ3n) is 2.35. The maximum atomic E-state index is 12.0. The Morgan fingerprint density at radius 3 is 2.55 bits per heavy atom. The first-order valence-electron chi connectivity index (χ1n) is 5.31. The quantitative estimate of drug-likeness (QED) is 0.882. The predicted octanol–water partition coefficient (Wildman–Crippen LogP) is 2.84. The van der Waals surface area contributed by atoms with Crippen molar-refractivity contribution in [1.29, 1.82) is 0 Å². The number of anilines is 1. The Bertz CT molecular complexity index is 676. The minimum Gasteiger partial charge on any atom is -0.478 e. The summed E-state index contributed by atoms with van der Waals surface area (Å²) in [5.74, 6) is -1.73. The summed E-state index contributed by atoms with van der Waals surface area (Å²) in [4.78, 5) is 23.1. The van der Waals surface area contributed by atoms with Gasteiger partial charge in [0.05, 0.1) is 11.3 Å². The fraction of sp³-hybridized carbons (Fsp3) is 0. The van der Waals surface area contributed by atoms with Crippen molar-refractivity contribution in [3.05, 3.63) is 51.2 Å². The number of halogens is 2. The van der Waals surface area contributed by atoms with Crippen LogP contribution in [-0.2, 0) is 0 Å². The molecule has 0 radical (unpaired) electrons. The molecule has 1 heterocycles. The van der Waals surface area contributed by atoms with Crippen molar-refractivity contribution in [3.63, 3.8) is 0 Å². The van der Waals surface area contributed by atoms with Crippen molar-refractivity contribution in [3.8, 4) is 0 Å². The molecule has 6 nitrogen and oxygen atoms in total. The molecule has 0 atom stereocenters. The zero-order chi connectivity index (χ0) is 14.7. The van der Waals surface area contributed by atoms with Gasteiger partial charge in [-0.3, -0.25) is 4.79 Å². The molecule has 0 unspecified atom stereocenters. The molecule has 2 aromatic rings. The van der Waals surface area contributed by atoms with Crippen LogP contribution in [0.1, 0.15) is 20.8 Å². The summed E-state index contributed by atoms with van der Waals surface area (Å²) >= 11 is 8.77. The number of carbonyl (C=O) groups is 2. The summed E-state index contributed by atoms with van der Waals surface area (Å²) in [7, 11) is 0. The smallest absolute Gasteiger partial charge is 0.337 e. The molecule has 1 aromatic carbocycles. The van der Waals surface area contributed by atoms with Gasteiger partial charge in [-0.05, 0) is 40.2 Å². The summed E-state index contributed by atoms with van der Waals surface area (Å²) in [6.07, 6.45) is 0. The number of hydrogen-bond acceptors (Lipinski definition) is 4. The van der Waals surface area contributed by atoms with E-state index in [9.17, 15) is 9.59 Å². The Kier molecular flexibility index (Phi) is 4.31. The zero-order valence-corrected chi connectivity index (χ0v) is 12.1. The van der Waals surface area contributed by atoms with Gasteiger partial charge in [-0.15, -0.1) is 10.2 Å². The summed E-state index contributed by atoms with van der Waals surface area (Å²) in [6.45, 7) is 0. The number of hydrogen-bond donors (Lipinski definition) is 2. The lowest BCUT2D eigenvalue weighted by atomic mass is 10.1. The maximum Gasteiger partial charge on any atom is 0.337 e. The highest BCUT2D eigenvalue weighted by Gasteiger charge is 2.17. The van der Waals surface area contributed by atoms with Crippen LogP contribution in [-0.4, -0.2) is 27.2 Å². The molecule has 0 aliphatic rings. The normalized spacial score (nSPS) is 10.1. The van der Waals surface area contributed by atoms with Crippen molar-refractivity contribution in [1.82, 2.24) is 10.2 Å². The molecule has 102 valence electrons. The van der Waals surface area contributed by atoms with E-state index in [0.717, 1.165) is 0 Å². The topological polar surface area (TPSA) is 92.2 Å². The number of carboxylic acid groups (broad SMARTS) is 1. The number of nitrogens with one attached hydrogen (secondary N) is 1. The molecule has 1 amide bonds. The standard InChI is InChI=1S/C12H7BrClN3O3/c13-7-3-1-2-6(12(19)20)10(7)15-11(18)8-4-5-9(14)17-16-8/h1-5H,(H,15,18)(H,19,20). The molecule has 0 fully saturated rings. The van der Waals surface area contributed by atoms with Gasteiger partial charge < -0.3 is 10.4 Å². The van der Waals surface area contributed by atoms with E-state index < -0.39 is 11.9 Å². The molecule has 8 heteroatoms. The average molecular weight is 357 g/mol. The van der Waals surface area contributed by atoms with Gasteiger partial charge in [0, 0.05) is 4.47 Å². The minimum absolute atomic E-state index is 0.0292. The molecule has 0 spiro atoms. The fourth-order valence-corrected chi connectivity index (χ4v) is 2.01. The Morgan fingerprint density at radius 1 is 1.20 bits per heavy atom. The maximum absolute atomic E-state index is 12.0. The molecule has 1 aromatic heterocycles. The van der Waals surface area contributed by atoms with Crippen molar-refractivity contribution in [2.75, 3.05) is 5.32 Å². The number of para-hydroxylation sites is 1. The van der Waals surface area contributed by atoms with Gasteiger partial charge in [-0.1, -0.05) is 17.7 Å². The lowest BCUT2D eigenvalue weighted by Crippen LogP contribution is -2.17. The lowest BCUT2D eigenvalue weighted by molar-refractivity contribution is 0.0698. The van der Waals surface area contributed by atoms with Crippen LogP contribution >= 0.6 is 27.5 Å². The van der Waals surface area contributed by atoms with E-state index in [2.05, 4.69) is 31.4 Å². The molecule has 0 aliphatic heterocycles. The van der Waals surface area contributed by atoms with Crippen LogP contribution in [0.4, 0.5) is 5.69 Å². The molecule has 2 rings (SSSR count). The van der Waals surface area contributed by atoms with Crippen molar-refractivity contribution in [2.24, 2.45) is 0 Å². The van der Waals surface area contributed by atoms with Crippen LogP contribution in [0.15, 0.2) is 34.8 Å². The molecule has 2 N–H and O–H groups in total. The number of aromatic carboxylic acids is 1. The molecule has 0 bridgehead atoms. The Hall–Kier alpha value is -1.99. The summed E-state index contributed by atoms with van der Waals surface area (Å²) in [5.41, 5.74) is 0.151. The van der Waals surface area contributed by atoms with E-state index in [1.54, 1.807) is 12.1 Å². The number of amides is 1. The van der Waals surface area contributed by atoms with E-state index in [4.69, 9.17) is 16.7 Å². The number of aromatic nitrogens is 2. The molecule has 0 aliphatic carbocycles. The van der Waals surface area contributed by atoms with Crippen LogP contribution in [0, 0.1) is 0 Å². The van der Waals surface area contributed by atoms with Gasteiger partial charge in [0.25, 0.3) is 5.91 Å². The van der Waals surface area contributed by atoms with Crippen LogP contribution in [0.2, 0.25) is 5.15 Å². The first-order valence-corrected chi connectivity index (χ1v) is 6.48. The third kappa shape index (κ3) is 3.12. The minimum atomic E-state index is -1.15. The molecular weight excluding hydrogens is 350 g/mol. The monoisotopic (exact) mass is 355 g/mol. The van der Waals surface area contributed by atoms with E-state index >= 15 is 0 Å². The molecular formula is C12H7BrClN3O3. The van der Waals surface area contributed by atoms with Gasteiger partial charge in [0.2, 0.25) is 0 Å². The number of carboxylic acids is 1. The van der Waals surface area contributed by atoms with Crippen molar-refractivity contribution >= 4 is 45.1 Å². The van der Waals surface area contributed by atoms with Crippen LogP contribution < -0.4 is 5.32 Å². The number of rotatable bonds is 3. The zero-order valence-electron chi connectivity index (χ0n) is 9.80. The van der Waals surface area contributed by atoms with Gasteiger partial charge >= 0.3 is 5.97 Å². The van der Waals surface area contributed by atoms with Gasteiger partial charge in [0.15, 0.2) is 10.8 Å². The van der Waals surface area contributed by atoms with Crippen LogP contribution in [0.25, 0.3) is 0 Å². The first kappa shape index (κ1) is 14.4. The highest BCUT2D eigenvalue weighted by Crippen LogP contribution is 2.27. The highest BCUT2D eigenvalue weighted by atomic mass is 79.9. The predicted molar refractivity (Wildman–Crippen MR) is 76.1 cm³/mol. The fourth-order valence-electron chi connectivity index (χ4n) is 1.44. The number of benzene rings is 1. The molecule has 0 saturated heterocycles. The molecule has 20 heavy (non-hydrogen) atoms. The highest BCUT2D eigenvalue weighted by molar-refractivity contribution is 9.10. The van der Waals surface area contributed by atoms with Gasteiger partial charge in [-0.2, -0.15) is 0 Å². The van der Waals surface area contributed by atoms with E-state index in [0.29, 0.717) is 4.47 Å². The van der Waals surface area contributed by atoms with Crippen molar-refractivity contribution in [2.45, 2.75) is 0 Å². The summed E-state index contributed by atoms with van der Waals surface area (Å²) in [5, 5.41) is 18.9. The van der Waals surface area contributed by atoms with Crippen LogP contribution in [0.3, 0.4) is 0 Å². The first-order chi connectivity index (χ1) is 9.49. The second-order valence-electron chi connectivity index (χ2n) is 3.66. The summed E-state index contributed by atoms with van der Waals surface area (Å²) in [6, 6.07) is 7.38. The Labute approximate surface area is 126 Å². The average Bonchev–Trinajstić information content (AvgIpc) is 2.41. The Morgan fingerprint density at radius 2 is 1.95 bits per heavy atom. The second-order valence-corrected chi connectivity index (χ2v) is 4.90. The number of carbonyl (C=O) groups excluding carboxylic acids is 1. The summed E-state index contributed by atoms with van der Waals surface area (Å²) < 4.78 is 0.452. The molecule has 0 saturated carbocycles. The van der Waals surface area contributed by atoms with E-state index in [1.165, 1.54) is 18.2 Å². The van der Waals surface area contributed by atoms with Crippen LogP contribution in [0.5, 0.6) is 0 Å². The second kappa shape index (κ2) is 5.98. The number of nitrogens with zero attached hydrogens (tertiary/aromatic N) is 2. The van der Waals surface area contributed by atoms with Crippen molar-refractivity contribution < 1.29 is 14.7 Å². The third-order valence-corrected chi connectivity index (χ3v) is 3.21. The van der Waals surface area contributed by atoms with E-state index in [-0.39, 0.29) is 22.1 Å². The van der Waals surface area contributed by atoms with Gasteiger partial charge in [-0.25, -0.2) is 4.79 Å².